The predicted molar refractivity (Wildman–Crippen MR) is 77.1 cm³/mol. The monoisotopic (exact) mass is 327 g/mol. The van der Waals surface area contributed by atoms with Crippen LogP contribution in [-0.4, -0.2) is 34.4 Å². The highest BCUT2D eigenvalue weighted by atomic mass is 19.4. The summed E-state index contributed by atoms with van der Waals surface area (Å²) in [4.78, 5) is 13.7. The summed E-state index contributed by atoms with van der Waals surface area (Å²) in [6.07, 6.45) is -3.19. The highest BCUT2D eigenvalue weighted by molar-refractivity contribution is 5.76. The maximum Gasteiger partial charge on any atom is 0.419 e. The number of aromatic nitrogens is 2. The zero-order valence-corrected chi connectivity index (χ0v) is 12.7. The third kappa shape index (κ3) is 4.02. The van der Waals surface area contributed by atoms with Gasteiger partial charge in [-0.1, -0.05) is 12.1 Å². The topological polar surface area (TPSA) is 47.4 Å². The van der Waals surface area contributed by atoms with Crippen molar-refractivity contribution in [1.29, 1.82) is 0 Å². The molecular formula is C15H16F3N3O2. The highest BCUT2D eigenvalue weighted by Crippen LogP contribution is 2.28. The first kappa shape index (κ1) is 16.9. The molecule has 0 atom stereocenters. The first-order valence-corrected chi connectivity index (χ1v) is 6.89. The Kier molecular flexibility index (Phi) is 4.92. The fraction of sp³-hybridized carbons (Fsp3) is 0.333. The average molecular weight is 327 g/mol. The van der Waals surface area contributed by atoms with E-state index in [0.29, 0.717) is 29.4 Å². The van der Waals surface area contributed by atoms with Gasteiger partial charge in [0.1, 0.15) is 5.75 Å². The number of rotatable bonds is 4. The molecule has 8 heteroatoms. The van der Waals surface area contributed by atoms with Gasteiger partial charge in [-0.3, -0.25) is 0 Å². The molecule has 0 fully saturated rings. The van der Waals surface area contributed by atoms with Crippen LogP contribution in [0.15, 0.2) is 36.7 Å². The van der Waals surface area contributed by atoms with Gasteiger partial charge in [0.15, 0.2) is 0 Å². The van der Waals surface area contributed by atoms with Crippen molar-refractivity contribution in [1.82, 2.24) is 14.7 Å². The molecule has 2 aromatic rings. The summed E-state index contributed by atoms with van der Waals surface area (Å²) in [7, 11) is 1.55. The van der Waals surface area contributed by atoms with Gasteiger partial charge in [0.2, 0.25) is 0 Å². The molecule has 5 nitrogen and oxygen atoms in total. The number of nitrogens with zero attached hydrogens (tertiary/aromatic N) is 3. The molecule has 2 rings (SSSR count). The second kappa shape index (κ2) is 6.72. The Bertz CT molecular complexity index is 665. The number of alkyl halides is 3. The molecule has 0 N–H and O–H groups in total. The lowest BCUT2D eigenvalue weighted by Crippen LogP contribution is -2.34. The summed E-state index contributed by atoms with van der Waals surface area (Å²) in [5.74, 6) is 0.685. The number of hydrogen-bond acceptors (Lipinski definition) is 3. The molecule has 0 saturated heterocycles. The van der Waals surface area contributed by atoms with Gasteiger partial charge in [-0.2, -0.15) is 23.0 Å². The van der Waals surface area contributed by atoms with E-state index in [1.165, 1.54) is 4.90 Å². The molecule has 0 saturated carbocycles. The second-order valence-electron chi connectivity index (χ2n) is 4.82. The van der Waals surface area contributed by atoms with Crippen molar-refractivity contribution < 1.29 is 22.7 Å². The number of benzene rings is 1. The van der Waals surface area contributed by atoms with Crippen molar-refractivity contribution in [3.63, 3.8) is 0 Å². The first-order valence-electron chi connectivity index (χ1n) is 6.89. The molecule has 1 aromatic carbocycles. The smallest absolute Gasteiger partial charge is 0.419 e. The van der Waals surface area contributed by atoms with Gasteiger partial charge in [-0.05, 0) is 24.6 Å². The van der Waals surface area contributed by atoms with E-state index >= 15 is 0 Å². The first-order chi connectivity index (χ1) is 10.8. The van der Waals surface area contributed by atoms with Crippen molar-refractivity contribution in [2.24, 2.45) is 0 Å². The van der Waals surface area contributed by atoms with Gasteiger partial charge in [-0.15, -0.1) is 0 Å². The maximum absolute atomic E-state index is 12.6. The van der Waals surface area contributed by atoms with E-state index in [-0.39, 0.29) is 6.54 Å². The maximum atomic E-state index is 12.6. The molecule has 124 valence electrons. The predicted octanol–water partition coefficient (Wildman–Crippen LogP) is 3.40. The number of ether oxygens (including phenoxy) is 1. The largest absolute Gasteiger partial charge is 0.497 e. The number of carbonyl (C=O) groups is 1. The van der Waals surface area contributed by atoms with Crippen molar-refractivity contribution in [2.45, 2.75) is 19.6 Å². The molecule has 0 radical (unpaired) electrons. The molecule has 0 aliphatic heterocycles. The Morgan fingerprint density at radius 2 is 1.96 bits per heavy atom. The number of hydrogen-bond donors (Lipinski definition) is 0. The van der Waals surface area contributed by atoms with Crippen molar-refractivity contribution in [3.8, 4) is 5.75 Å². The van der Waals surface area contributed by atoms with Gasteiger partial charge < -0.3 is 9.64 Å². The fourth-order valence-electron chi connectivity index (χ4n) is 1.98. The van der Waals surface area contributed by atoms with E-state index in [2.05, 4.69) is 5.10 Å². The van der Waals surface area contributed by atoms with Crippen LogP contribution >= 0.6 is 0 Å². The lowest BCUT2D eigenvalue weighted by Gasteiger charge is -2.20. The fourth-order valence-corrected chi connectivity index (χ4v) is 1.98. The van der Waals surface area contributed by atoms with Crippen molar-refractivity contribution in [2.75, 3.05) is 13.7 Å². The third-order valence-corrected chi connectivity index (χ3v) is 3.29. The summed E-state index contributed by atoms with van der Waals surface area (Å²) in [5, 5.41) is 3.51. The second-order valence-corrected chi connectivity index (χ2v) is 4.82. The Labute approximate surface area is 131 Å². The van der Waals surface area contributed by atoms with E-state index in [9.17, 15) is 18.0 Å². The zero-order valence-electron chi connectivity index (χ0n) is 12.7. The standard InChI is InChI=1S/C15H16F3N3O2/c1-3-20(9-11-4-6-13(23-2)7-5-11)14(22)21-10-12(8-19-21)15(16,17)18/h4-8,10H,3,9H2,1-2H3. The molecule has 0 aliphatic carbocycles. The Balaban J connectivity index is 2.13. The Hall–Kier alpha value is -2.51. The van der Waals surface area contributed by atoms with Gasteiger partial charge in [0.25, 0.3) is 0 Å². The molecule has 0 aliphatic rings. The number of methoxy groups -OCH3 is 1. The minimum atomic E-state index is -4.52. The van der Waals surface area contributed by atoms with Gasteiger partial charge in [0.05, 0.1) is 18.9 Å². The van der Waals surface area contributed by atoms with Crippen LogP contribution < -0.4 is 4.74 Å². The van der Waals surface area contributed by atoms with Crippen LogP contribution in [0.1, 0.15) is 18.1 Å². The van der Waals surface area contributed by atoms with Crippen LogP contribution in [0.4, 0.5) is 18.0 Å². The summed E-state index contributed by atoms with van der Waals surface area (Å²) >= 11 is 0. The van der Waals surface area contributed by atoms with Crippen LogP contribution in [0.3, 0.4) is 0 Å². The Morgan fingerprint density at radius 1 is 1.30 bits per heavy atom. The molecule has 23 heavy (non-hydrogen) atoms. The van der Waals surface area contributed by atoms with Crippen LogP contribution in [-0.2, 0) is 12.7 Å². The molecular weight excluding hydrogens is 311 g/mol. The SMILES string of the molecule is CCN(Cc1ccc(OC)cc1)C(=O)n1cc(C(F)(F)F)cn1. The van der Waals surface area contributed by atoms with Crippen LogP contribution in [0, 0.1) is 0 Å². The summed E-state index contributed by atoms with van der Waals surface area (Å²) < 4.78 is 43.5. The normalized spacial score (nSPS) is 11.3. The van der Waals surface area contributed by atoms with Gasteiger partial charge in [-0.25, -0.2) is 4.79 Å². The van der Waals surface area contributed by atoms with Crippen LogP contribution in [0.25, 0.3) is 0 Å². The minimum Gasteiger partial charge on any atom is -0.497 e. The molecule has 0 unspecified atom stereocenters. The summed E-state index contributed by atoms with van der Waals surface area (Å²) in [6, 6.07) is 6.48. The minimum absolute atomic E-state index is 0.264. The zero-order chi connectivity index (χ0) is 17.0. The van der Waals surface area contributed by atoms with E-state index in [1.54, 1.807) is 38.3 Å². The molecule has 0 spiro atoms. The highest BCUT2D eigenvalue weighted by Gasteiger charge is 2.33. The lowest BCUT2D eigenvalue weighted by molar-refractivity contribution is -0.137. The third-order valence-electron chi connectivity index (χ3n) is 3.29. The van der Waals surface area contributed by atoms with Crippen LogP contribution in [0.5, 0.6) is 5.75 Å². The quantitative estimate of drug-likeness (QED) is 0.865. The van der Waals surface area contributed by atoms with E-state index in [0.717, 1.165) is 5.56 Å². The van der Waals surface area contributed by atoms with E-state index < -0.39 is 17.8 Å². The molecule has 1 amide bonds. The van der Waals surface area contributed by atoms with Crippen molar-refractivity contribution >= 4 is 6.03 Å². The van der Waals surface area contributed by atoms with Gasteiger partial charge >= 0.3 is 12.2 Å². The summed E-state index contributed by atoms with van der Waals surface area (Å²) in [6.45, 7) is 2.35. The molecule has 1 heterocycles. The lowest BCUT2D eigenvalue weighted by atomic mass is 10.2. The van der Waals surface area contributed by atoms with E-state index in [1.807, 2.05) is 0 Å². The van der Waals surface area contributed by atoms with Crippen molar-refractivity contribution in [3.05, 3.63) is 47.8 Å². The summed E-state index contributed by atoms with van der Waals surface area (Å²) in [5.41, 5.74) is -0.115. The van der Waals surface area contributed by atoms with Gasteiger partial charge in [0, 0.05) is 19.3 Å². The molecule has 1 aromatic heterocycles. The van der Waals surface area contributed by atoms with E-state index in [4.69, 9.17) is 4.74 Å². The number of halogens is 3. The number of carbonyl (C=O) groups excluding carboxylic acids is 1. The molecule has 0 bridgehead atoms. The number of amides is 1. The average Bonchev–Trinajstić information content (AvgIpc) is 3.02. The van der Waals surface area contributed by atoms with Crippen LogP contribution in [0.2, 0.25) is 0 Å². The Morgan fingerprint density at radius 3 is 2.43 bits per heavy atom.